The summed E-state index contributed by atoms with van der Waals surface area (Å²) in [5.41, 5.74) is 8.75. The van der Waals surface area contributed by atoms with Gasteiger partial charge in [-0.3, -0.25) is 14.6 Å². The monoisotopic (exact) mass is 507 g/mol. The van der Waals surface area contributed by atoms with Crippen LogP contribution in [0.3, 0.4) is 0 Å². The van der Waals surface area contributed by atoms with Crippen LogP contribution < -0.4 is 11.1 Å². The van der Waals surface area contributed by atoms with E-state index in [-0.39, 0.29) is 17.7 Å². The Balaban J connectivity index is 1.58. The number of aryl methyl sites for hydroxylation is 1. The number of Topliss-reactive ketones (excluding diaryl/α,β-unsaturated/α-hetero) is 1. The van der Waals surface area contributed by atoms with Crippen LogP contribution in [0.4, 0.5) is 4.39 Å². The van der Waals surface area contributed by atoms with Crippen molar-refractivity contribution in [2.45, 2.75) is 52.2 Å². The van der Waals surface area contributed by atoms with Crippen molar-refractivity contribution in [3.8, 4) is 11.3 Å². The van der Waals surface area contributed by atoms with E-state index >= 15 is 4.39 Å². The molecule has 0 spiro atoms. The molecule has 1 aromatic carbocycles. The molecule has 37 heavy (non-hydrogen) atoms. The summed E-state index contributed by atoms with van der Waals surface area (Å²) in [7, 11) is 1.60. The highest BCUT2D eigenvalue weighted by Crippen LogP contribution is 2.33. The lowest BCUT2D eigenvalue weighted by Crippen LogP contribution is -2.40. The summed E-state index contributed by atoms with van der Waals surface area (Å²) >= 11 is 0. The van der Waals surface area contributed by atoms with Gasteiger partial charge in [-0.15, -0.1) is 0 Å². The molecular formula is C28H34FN5O3. The van der Waals surface area contributed by atoms with Gasteiger partial charge in [0.25, 0.3) is 0 Å². The maximum absolute atomic E-state index is 15.4. The number of nitrogens with two attached hydrogens (primary N) is 1. The largest absolute Gasteiger partial charge is 0.403 e. The highest BCUT2D eigenvalue weighted by atomic mass is 19.1. The number of carbonyl (C=O) groups excluding carboxylic acids is 2. The Bertz CT molecular complexity index is 1260. The lowest BCUT2D eigenvalue weighted by Gasteiger charge is -2.27. The molecule has 0 bridgehead atoms. The second-order valence-electron chi connectivity index (χ2n) is 9.53. The average molecular weight is 508 g/mol. The Morgan fingerprint density at radius 1 is 1.22 bits per heavy atom. The molecule has 1 aromatic heterocycles. The van der Waals surface area contributed by atoms with Crippen LogP contribution in [-0.2, 0) is 9.53 Å². The normalized spacial score (nSPS) is 22.6. The smallest absolute Gasteiger partial charge is 0.228 e. The predicted octanol–water partition coefficient (Wildman–Crippen LogP) is 4.47. The quantitative estimate of drug-likeness (QED) is 0.326. The van der Waals surface area contributed by atoms with E-state index in [2.05, 4.69) is 15.4 Å². The number of rotatable bonds is 7. The third-order valence-electron chi connectivity index (χ3n) is 7.07. The summed E-state index contributed by atoms with van der Waals surface area (Å²) in [6.45, 7) is 4.29. The molecule has 1 aliphatic carbocycles. The summed E-state index contributed by atoms with van der Waals surface area (Å²) in [5, 5.41) is 7.35. The minimum Gasteiger partial charge on any atom is -0.403 e. The number of carbonyl (C=O) groups is 2. The lowest BCUT2D eigenvalue weighted by molar-refractivity contribution is -0.125. The highest BCUT2D eigenvalue weighted by molar-refractivity contribution is 6.04. The van der Waals surface area contributed by atoms with Crippen molar-refractivity contribution in [3.05, 3.63) is 65.4 Å². The van der Waals surface area contributed by atoms with Crippen molar-refractivity contribution >= 4 is 17.4 Å². The van der Waals surface area contributed by atoms with Gasteiger partial charge in [-0.25, -0.2) is 9.07 Å². The number of allylic oxidation sites excluding steroid dienone is 3. The number of halogens is 1. The summed E-state index contributed by atoms with van der Waals surface area (Å²) in [5.74, 6) is -2.70. The zero-order valence-electron chi connectivity index (χ0n) is 21.5. The van der Waals surface area contributed by atoms with E-state index in [1.165, 1.54) is 18.3 Å². The minimum atomic E-state index is -0.688. The minimum absolute atomic E-state index is 0.0283. The molecule has 1 aliphatic heterocycles. The number of aliphatic imine (C=N–C) groups is 1. The van der Waals surface area contributed by atoms with Crippen molar-refractivity contribution in [3.63, 3.8) is 0 Å². The van der Waals surface area contributed by atoms with Gasteiger partial charge in [0.15, 0.2) is 12.0 Å². The molecule has 3 atom stereocenters. The molecule has 1 saturated heterocycles. The molecule has 1 amide bonds. The van der Waals surface area contributed by atoms with Gasteiger partial charge >= 0.3 is 0 Å². The molecule has 2 heterocycles. The fraction of sp³-hybridized carbons (Fsp3) is 0.429. The van der Waals surface area contributed by atoms with Gasteiger partial charge in [-0.1, -0.05) is 18.2 Å². The fourth-order valence-corrected chi connectivity index (χ4v) is 4.93. The maximum atomic E-state index is 15.4. The zero-order valence-corrected chi connectivity index (χ0v) is 21.5. The number of nitrogens with zero attached hydrogens (tertiary/aromatic N) is 3. The van der Waals surface area contributed by atoms with Crippen molar-refractivity contribution in [2.24, 2.45) is 22.6 Å². The van der Waals surface area contributed by atoms with Crippen LogP contribution in [0, 0.1) is 24.6 Å². The van der Waals surface area contributed by atoms with Gasteiger partial charge in [-0.05, 0) is 64.2 Å². The first-order valence-electron chi connectivity index (χ1n) is 12.7. The van der Waals surface area contributed by atoms with Crippen molar-refractivity contribution in [1.82, 2.24) is 15.1 Å². The molecule has 196 valence electrons. The molecule has 0 radical (unpaired) electrons. The Morgan fingerprint density at radius 3 is 2.62 bits per heavy atom. The standard InChI is InChI=1S/C28H34FN5O3/c1-17-14-25(34(33-17)26-10-6-7-13-37-26)19-11-12-22(23(29)15-19)27(35)20-8-4-5-9-21(20)28(36)32-24(16-30)18(2)31-3/h4-5,11-12,14-16,20-21,26H,6-10,13,30H2,1-3H3,(H,32,36). The first kappa shape index (κ1) is 26.5. The van der Waals surface area contributed by atoms with E-state index in [0.717, 1.165) is 30.7 Å². The molecule has 8 nitrogen and oxygen atoms in total. The molecule has 2 aromatic rings. The van der Waals surface area contributed by atoms with Crippen LogP contribution >= 0.6 is 0 Å². The highest BCUT2D eigenvalue weighted by Gasteiger charge is 2.36. The molecular weight excluding hydrogens is 473 g/mol. The second-order valence-corrected chi connectivity index (χ2v) is 9.53. The van der Waals surface area contributed by atoms with Crippen LogP contribution in [-0.4, -0.2) is 40.8 Å². The number of ketones is 1. The lowest BCUT2D eigenvalue weighted by atomic mass is 9.77. The number of hydrogen-bond donors (Lipinski definition) is 2. The molecule has 9 heteroatoms. The Labute approximate surface area is 216 Å². The number of hydrogen-bond acceptors (Lipinski definition) is 6. The molecule has 2 aliphatic rings. The molecule has 3 N–H and O–H groups in total. The molecule has 3 unspecified atom stereocenters. The van der Waals surface area contributed by atoms with Gasteiger partial charge in [0.2, 0.25) is 5.91 Å². The van der Waals surface area contributed by atoms with Gasteiger partial charge in [0.05, 0.1) is 34.3 Å². The van der Waals surface area contributed by atoms with Gasteiger partial charge in [-0.2, -0.15) is 5.10 Å². The van der Waals surface area contributed by atoms with Crippen LogP contribution in [0.25, 0.3) is 11.3 Å². The van der Waals surface area contributed by atoms with Crippen molar-refractivity contribution < 1.29 is 18.7 Å². The number of aromatic nitrogens is 2. The Hall–Kier alpha value is -3.59. The summed E-state index contributed by atoms with van der Waals surface area (Å²) < 4.78 is 23.1. The van der Waals surface area contributed by atoms with Crippen molar-refractivity contribution in [2.75, 3.05) is 13.7 Å². The average Bonchev–Trinajstić information content (AvgIpc) is 3.32. The van der Waals surface area contributed by atoms with E-state index in [4.69, 9.17) is 10.5 Å². The topological polar surface area (TPSA) is 112 Å². The van der Waals surface area contributed by atoms with Gasteiger partial charge in [0.1, 0.15) is 5.82 Å². The van der Waals surface area contributed by atoms with E-state index in [0.29, 0.717) is 36.4 Å². The molecule has 4 rings (SSSR count). The number of ether oxygens (including phenoxy) is 1. The first-order chi connectivity index (χ1) is 17.8. The first-order valence-corrected chi connectivity index (χ1v) is 12.7. The van der Waals surface area contributed by atoms with E-state index in [1.54, 1.807) is 24.7 Å². The van der Waals surface area contributed by atoms with E-state index in [9.17, 15) is 9.59 Å². The van der Waals surface area contributed by atoms with Gasteiger partial charge < -0.3 is 15.8 Å². The molecule has 0 saturated carbocycles. The fourth-order valence-electron chi connectivity index (χ4n) is 4.93. The Morgan fingerprint density at radius 2 is 1.97 bits per heavy atom. The number of amides is 1. The summed E-state index contributed by atoms with van der Waals surface area (Å²) in [4.78, 5) is 30.6. The summed E-state index contributed by atoms with van der Waals surface area (Å²) in [6, 6.07) is 6.50. The third-order valence-corrected chi connectivity index (χ3v) is 7.07. The van der Waals surface area contributed by atoms with Gasteiger partial charge in [0, 0.05) is 31.3 Å². The van der Waals surface area contributed by atoms with Crippen molar-refractivity contribution in [1.29, 1.82) is 0 Å². The Kier molecular flexibility index (Phi) is 8.33. The third kappa shape index (κ3) is 5.72. The number of benzene rings is 1. The predicted molar refractivity (Wildman–Crippen MR) is 140 cm³/mol. The van der Waals surface area contributed by atoms with E-state index in [1.807, 2.05) is 25.1 Å². The zero-order chi connectivity index (χ0) is 26.5. The van der Waals surface area contributed by atoms with E-state index < -0.39 is 23.4 Å². The van der Waals surface area contributed by atoms with Crippen LogP contribution in [0.5, 0.6) is 0 Å². The number of nitrogens with one attached hydrogen (secondary N) is 1. The van der Waals surface area contributed by atoms with Crippen LogP contribution in [0.15, 0.2) is 53.3 Å². The van der Waals surface area contributed by atoms with Crippen LogP contribution in [0.2, 0.25) is 0 Å². The molecule has 1 fully saturated rings. The second kappa shape index (κ2) is 11.6. The SMILES string of the molecule is CN=C(C)C(=CN)NC(=O)C1CC=CCC1C(=O)c1ccc(-c2cc(C)nn2C2CCCCO2)cc1F. The van der Waals surface area contributed by atoms with Crippen LogP contribution in [0.1, 0.15) is 61.3 Å². The maximum Gasteiger partial charge on any atom is 0.228 e. The summed E-state index contributed by atoms with van der Waals surface area (Å²) in [6.07, 6.45) is 8.46.